The lowest BCUT2D eigenvalue weighted by atomic mass is 10.1. The van der Waals surface area contributed by atoms with Crippen LogP contribution >= 0.6 is 0 Å². The summed E-state index contributed by atoms with van der Waals surface area (Å²) in [5.74, 6) is -4.12. The van der Waals surface area contributed by atoms with Crippen molar-refractivity contribution in [3.05, 3.63) is 60.3 Å². The van der Waals surface area contributed by atoms with E-state index in [1.54, 1.807) is 41.0 Å². The molecule has 4 rings (SSSR count). The van der Waals surface area contributed by atoms with E-state index in [-0.39, 0.29) is 18.5 Å². The molecule has 18 heteroatoms. The van der Waals surface area contributed by atoms with Gasteiger partial charge in [-0.2, -0.15) is 26.3 Å². The highest BCUT2D eigenvalue weighted by Gasteiger charge is 2.38. The van der Waals surface area contributed by atoms with Crippen molar-refractivity contribution in [1.82, 2.24) is 9.47 Å². The van der Waals surface area contributed by atoms with Crippen molar-refractivity contribution in [1.29, 1.82) is 10.8 Å². The van der Waals surface area contributed by atoms with Gasteiger partial charge in [0.1, 0.15) is 30.0 Å². The van der Waals surface area contributed by atoms with Gasteiger partial charge in [0.2, 0.25) is 0 Å². The van der Waals surface area contributed by atoms with Crippen molar-refractivity contribution in [2.75, 3.05) is 13.1 Å². The first-order valence-electron chi connectivity index (χ1n) is 13.1. The van der Waals surface area contributed by atoms with Crippen molar-refractivity contribution in [3.63, 3.8) is 0 Å². The van der Waals surface area contributed by atoms with Gasteiger partial charge in [-0.25, -0.2) is 14.4 Å². The highest BCUT2D eigenvalue weighted by Crippen LogP contribution is 2.23. The third-order valence-electron chi connectivity index (χ3n) is 6.14. The summed E-state index contributed by atoms with van der Waals surface area (Å²) in [5, 5.41) is 30.5. The number of ether oxygens (including phenoxy) is 2. The van der Waals surface area contributed by atoms with Crippen molar-refractivity contribution in [2.45, 2.75) is 44.8 Å². The molecule has 1 aliphatic heterocycles. The lowest BCUT2D eigenvalue weighted by Crippen LogP contribution is -2.40. The summed E-state index contributed by atoms with van der Waals surface area (Å²) in [6.45, 7) is 3.52. The molecule has 0 atom stereocenters. The minimum Gasteiger partial charge on any atom is -0.490 e. The summed E-state index contributed by atoms with van der Waals surface area (Å²) >= 11 is 0. The molecule has 6 N–H and O–H groups in total. The van der Waals surface area contributed by atoms with Gasteiger partial charge in [-0.3, -0.25) is 10.8 Å². The van der Waals surface area contributed by atoms with E-state index in [1.807, 2.05) is 25.3 Å². The number of aromatic nitrogens is 1. The van der Waals surface area contributed by atoms with Crippen LogP contribution in [0.15, 0.2) is 54.7 Å². The third-order valence-corrected chi connectivity index (χ3v) is 6.14. The van der Waals surface area contributed by atoms with Crippen LogP contribution in [0.2, 0.25) is 0 Å². The van der Waals surface area contributed by atoms with Gasteiger partial charge in [0.05, 0.1) is 5.84 Å². The quantitative estimate of drug-likeness (QED) is 0.0823. The Morgan fingerprint density at radius 2 is 1.39 bits per heavy atom. The van der Waals surface area contributed by atoms with Crippen LogP contribution in [0.5, 0.6) is 11.5 Å². The Morgan fingerprint density at radius 1 is 0.891 bits per heavy atom. The van der Waals surface area contributed by atoms with Crippen LogP contribution < -0.4 is 15.2 Å². The number of amidine groups is 2. The molecule has 3 aromatic rings. The summed E-state index contributed by atoms with van der Waals surface area (Å²) in [6, 6.07) is 14.4. The van der Waals surface area contributed by atoms with E-state index in [9.17, 15) is 31.1 Å². The van der Waals surface area contributed by atoms with Gasteiger partial charge in [0.25, 0.3) is 0 Å². The fourth-order valence-electron chi connectivity index (χ4n) is 3.88. The van der Waals surface area contributed by atoms with Crippen molar-refractivity contribution in [2.24, 2.45) is 5.73 Å². The summed E-state index contributed by atoms with van der Waals surface area (Å²) in [4.78, 5) is 32.3. The van der Waals surface area contributed by atoms with Gasteiger partial charge in [-0.1, -0.05) is 12.1 Å². The summed E-state index contributed by atoms with van der Waals surface area (Å²) in [5.41, 5.74) is 7.01. The van der Waals surface area contributed by atoms with E-state index in [1.165, 1.54) is 0 Å². The monoisotopic (exact) mass is 661 g/mol. The van der Waals surface area contributed by atoms with E-state index in [0.717, 1.165) is 42.6 Å². The Balaban J connectivity index is 0.000000440. The molecule has 0 saturated carbocycles. The van der Waals surface area contributed by atoms with Gasteiger partial charge in [-0.05, 0) is 48.7 Å². The number of fused-ring (bicyclic) bond motifs is 1. The molecule has 0 unspecified atom stereocenters. The number of likely N-dealkylation sites (tertiary alicyclic amines) is 1. The number of benzene rings is 2. The van der Waals surface area contributed by atoms with Crippen molar-refractivity contribution < 1.29 is 60.4 Å². The molecule has 46 heavy (non-hydrogen) atoms. The normalized spacial score (nSPS) is 13.4. The zero-order chi connectivity index (χ0) is 34.8. The third kappa shape index (κ3) is 11.7. The van der Waals surface area contributed by atoms with Gasteiger partial charge in [0.15, 0.2) is 0 Å². The lowest BCUT2D eigenvalue weighted by Gasteiger charge is -2.32. The zero-order valence-electron chi connectivity index (χ0n) is 24.0. The number of hydrogen-bond donors (Lipinski definition) is 5. The van der Waals surface area contributed by atoms with Crippen LogP contribution in [0.25, 0.3) is 10.9 Å². The molecule has 1 saturated heterocycles. The topological polar surface area (TPSA) is 192 Å². The standard InChI is InChI=1S/C24H27N5O3.2C2HF3O2/c1-16(25)28-12-9-21(10-13-28)31-19-4-6-20(7-5-19)32-23(30)15-29-11-8-17-2-3-18(24(26)27)14-22(17)29;2*3-2(4,5)1(6)7/h2-8,11,14,21,25H,9-10,12-13,15H2,1H3,(H3,26,27);2*(H,6,7). The maximum atomic E-state index is 12.5. The Morgan fingerprint density at radius 3 is 1.85 bits per heavy atom. The zero-order valence-corrected chi connectivity index (χ0v) is 24.0. The van der Waals surface area contributed by atoms with E-state index in [2.05, 4.69) is 4.90 Å². The van der Waals surface area contributed by atoms with Gasteiger partial charge in [-0.15, -0.1) is 0 Å². The van der Waals surface area contributed by atoms with Gasteiger partial charge in [0, 0.05) is 43.2 Å². The number of piperidine rings is 1. The molecule has 0 amide bonds. The van der Waals surface area contributed by atoms with E-state index in [4.69, 9.17) is 45.8 Å². The number of halogens is 6. The van der Waals surface area contributed by atoms with E-state index < -0.39 is 30.3 Å². The predicted molar refractivity (Wildman–Crippen MR) is 151 cm³/mol. The largest absolute Gasteiger partial charge is 0.490 e. The van der Waals surface area contributed by atoms with Gasteiger partial charge < -0.3 is 34.9 Å². The number of rotatable bonds is 6. The predicted octanol–water partition coefficient (Wildman–Crippen LogP) is 4.64. The Bertz CT molecular complexity index is 1520. The number of alkyl halides is 6. The average Bonchev–Trinajstić information content (AvgIpc) is 3.35. The number of carboxylic acids is 2. The van der Waals surface area contributed by atoms with Crippen molar-refractivity contribution in [3.8, 4) is 11.5 Å². The van der Waals surface area contributed by atoms with Crippen molar-refractivity contribution >= 4 is 40.5 Å². The molecule has 0 bridgehead atoms. The Labute approximate surface area is 256 Å². The number of carbonyl (C=O) groups is 3. The number of carboxylic acid groups (broad SMARTS) is 2. The van der Waals surface area contributed by atoms with Crippen LogP contribution in [0, 0.1) is 10.8 Å². The van der Waals surface area contributed by atoms with Crippen LogP contribution in [0.4, 0.5) is 26.3 Å². The molecular weight excluding hydrogens is 632 g/mol. The second kappa shape index (κ2) is 15.6. The molecule has 250 valence electrons. The Kier molecular flexibility index (Phi) is 12.5. The molecule has 0 radical (unpaired) electrons. The van der Waals surface area contributed by atoms with Crippen LogP contribution in [-0.2, 0) is 20.9 Å². The number of hydrogen-bond acceptors (Lipinski definition) is 7. The van der Waals surface area contributed by atoms with Crippen LogP contribution in [0.3, 0.4) is 0 Å². The molecule has 0 aliphatic carbocycles. The second-order valence-corrected chi connectivity index (χ2v) is 9.57. The summed E-state index contributed by atoms with van der Waals surface area (Å²) in [7, 11) is 0. The first-order valence-corrected chi connectivity index (χ1v) is 13.1. The molecule has 1 aromatic heterocycles. The maximum absolute atomic E-state index is 12.5. The number of nitrogens with zero attached hydrogens (tertiary/aromatic N) is 2. The highest BCUT2D eigenvalue weighted by molar-refractivity contribution is 5.98. The Hall–Kier alpha value is -5.29. The average molecular weight is 662 g/mol. The molecule has 2 aromatic carbocycles. The number of nitrogen functional groups attached to an aromatic ring is 1. The smallest absolute Gasteiger partial charge is 0.490 e. The van der Waals surface area contributed by atoms with E-state index >= 15 is 0 Å². The lowest BCUT2D eigenvalue weighted by molar-refractivity contribution is -0.193. The number of nitrogens with one attached hydrogen (secondary N) is 2. The number of esters is 1. The van der Waals surface area contributed by atoms with Gasteiger partial charge >= 0.3 is 30.3 Å². The highest BCUT2D eigenvalue weighted by atomic mass is 19.4. The van der Waals surface area contributed by atoms with Crippen LogP contribution in [0.1, 0.15) is 25.3 Å². The minimum absolute atomic E-state index is 0.0140. The first-order chi connectivity index (χ1) is 21.3. The summed E-state index contributed by atoms with van der Waals surface area (Å²) < 4.78 is 76.8. The van der Waals surface area contributed by atoms with E-state index in [0.29, 0.717) is 17.1 Å². The summed E-state index contributed by atoms with van der Waals surface area (Å²) in [6.07, 6.45) is -6.47. The number of carbonyl (C=O) groups excluding carboxylic acids is 1. The molecule has 12 nitrogen and oxygen atoms in total. The molecule has 2 heterocycles. The fraction of sp³-hybridized carbons (Fsp3) is 0.321. The first kappa shape index (κ1) is 36.9. The molecule has 1 fully saturated rings. The molecule has 1 aliphatic rings. The SMILES string of the molecule is CC(=N)N1CCC(Oc2ccc(OC(=O)Cn3ccc4ccc(C(=N)N)cc43)cc2)CC1.O=C(O)C(F)(F)F.O=C(O)C(F)(F)F. The fourth-order valence-corrected chi connectivity index (χ4v) is 3.88. The number of aliphatic carboxylic acids is 2. The number of nitrogens with two attached hydrogens (primary N) is 1. The maximum Gasteiger partial charge on any atom is 0.490 e. The molecular formula is C28H29F6N5O7. The second-order valence-electron chi connectivity index (χ2n) is 9.57. The van der Waals surface area contributed by atoms with Crippen LogP contribution in [-0.4, -0.2) is 80.8 Å². The minimum atomic E-state index is -5.08. The molecule has 0 spiro atoms.